The monoisotopic (exact) mass is 478 g/mol. The van der Waals surface area contributed by atoms with Gasteiger partial charge in [-0.15, -0.1) is 0 Å². The summed E-state index contributed by atoms with van der Waals surface area (Å²) in [6.07, 6.45) is 4.71. The first-order chi connectivity index (χ1) is 17.7. The minimum absolute atomic E-state index is 0.218. The standard InChI is InChI=1S/C32H34N2O2/c1-23(30-16-8-12-26-11-5-6-15-31(26)30)33-29-14-7-13-28(21-29)25-17-19-27(20-18-25)32(35)34-36-22-24-9-3-2-4-10-24/h2-6,8-12,15-20,23,28-29,33H,7,13-14,21-22H2,1H3,(H,34,35)/t23-,28+,29+/m1/s1. The molecule has 3 atom stereocenters. The zero-order valence-corrected chi connectivity index (χ0v) is 20.8. The van der Waals surface area contributed by atoms with Crippen LogP contribution in [0, 0.1) is 0 Å². The molecule has 0 heterocycles. The summed E-state index contributed by atoms with van der Waals surface area (Å²) in [6.45, 7) is 2.62. The predicted molar refractivity (Wildman–Crippen MR) is 146 cm³/mol. The Balaban J connectivity index is 1.16. The van der Waals surface area contributed by atoms with Gasteiger partial charge >= 0.3 is 0 Å². The number of hydroxylamine groups is 1. The van der Waals surface area contributed by atoms with Crippen LogP contribution in [0.25, 0.3) is 10.8 Å². The van der Waals surface area contributed by atoms with Gasteiger partial charge in [-0.05, 0) is 71.7 Å². The minimum atomic E-state index is -0.218. The molecular formula is C32H34N2O2. The molecule has 5 rings (SSSR count). The van der Waals surface area contributed by atoms with Gasteiger partial charge in [0.25, 0.3) is 5.91 Å². The number of benzene rings is 4. The van der Waals surface area contributed by atoms with Crippen LogP contribution in [0.2, 0.25) is 0 Å². The second kappa shape index (κ2) is 11.5. The lowest BCUT2D eigenvalue weighted by atomic mass is 9.80. The van der Waals surface area contributed by atoms with Gasteiger partial charge in [-0.3, -0.25) is 9.63 Å². The highest BCUT2D eigenvalue weighted by Gasteiger charge is 2.25. The van der Waals surface area contributed by atoms with E-state index < -0.39 is 0 Å². The Hall–Kier alpha value is -3.47. The van der Waals surface area contributed by atoms with Gasteiger partial charge in [-0.1, -0.05) is 91.3 Å². The molecule has 4 aromatic rings. The number of carbonyl (C=O) groups excluding carboxylic acids is 1. The molecule has 1 saturated carbocycles. The minimum Gasteiger partial charge on any atom is -0.307 e. The summed E-state index contributed by atoms with van der Waals surface area (Å²) in [6, 6.07) is 33.8. The highest BCUT2D eigenvalue weighted by molar-refractivity contribution is 5.93. The van der Waals surface area contributed by atoms with E-state index in [1.165, 1.54) is 41.2 Å². The molecule has 0 radical (unpaired) electrons. The van der Waals surface area contributed by atoms with Crippen LogP contribution in [0.3, 0.4) is 0 Å². The highest BCUT2D eigenvalue weighted by atomic mass is 16.6. The molecule has 1 amide bonds. The van der Waals surface area contributed by atoms with E-state index in [0.29, 0.717) is 30.2 Å². The van der Waals surface area contributed by atoms with Crippen LogP contribution in [0.15, 0.2) is 97.1 Å². The van der Waals surface area contributed by atoms with E-state index in [0.717, 1.165) is 12.0 Å². The number of nitrogens with one attached hydrogen (secondary N) is 2. The summed E-state index contributed by atoms with van der Waals surface area (Å²) in [5.41, 5.74) is 6.85. The molecule has 1 aliphatic rings. The summed E-state index contributed by atoms with van der Waals surface area (Å²) in [4.78, 5) is 17.9. The lowest BCUT2D eigenvalue weighted by Gasteiger charge is -2.32. The molecule has 4 nitrogen and oxygen atoms in total. The average molecular weight is 479 g/mol. The van der Waals surface area contributed by atoms with Crippen molar-refractivity contribution in [2.45, 2.75) is 57.2 Å². The maximum Gasteiger partial charge on any atom is 0.274 e. The fourth-order valence-electron chi connectivity index (χ4n) is 5.44. The second-order valence-corrected chi connectivity index (χ2v) is 9.84. The zero-order valence-electron chi connectivity index (χ0n) is 20.8. The lowest BCUT2D eigenvalue weighted by Crippen LogP contribution is -2.35. The van der Waals surface area contributed by atoms with Crippen molar-refractivity contribution in [2.24, 2.45) is 0 Å². The Morgan fingerprint density at radius 1 is 0.889 bits per heavy atom. The molecule has 4 heteroatoms. The van der Waals surface area contributed by atoms with Crippen LogP contribution in [-0.2, 0) is 11.4 Å². The van der Waals surface area contributed by atoms with E-state index >= 15 is 0 Å². The molecule has 0 aliphatic heterocycles. The van der Waals surface area contributed by atoms with E-state index in [1.807, 2.05) is 42.5 Å². The summed E-state index contributed by atoms with van der Waals surface area (Å²) in [7, 11) is 0. The number of hydrogen-bond donors (Lipinski definition) is 2. The average Bonchev–Trinajstić information content (AvgIpc) is 2.93. The topological polar surface area (TPSA) is 50.4 Å². The normalized spacial score (nSPS) is 18.6. The molecule has 184 valence electrons. The second-order valence-electron chi connectivity index (χ2n) is 9.84. The zero-order chi connectivity index (χ0) is 24.7. The summed E-state index contributed by atoms with van der Waals surface area (Å²) in [5, 5.41) is 6.53. The van der Waals surface area contributed by atoms with Gasteiger partial charge in [-0.25, -0.2) is 5.48 Å². The van der Waals surface area contributed by atoms with Crippen molar-refractivity contribution in [3.05, 3.63) is 119 Å². The molecule has 0 aromatic heterocycles. The van der Waals surface area contributed by atoms with Gasteiger partial charge < -0.3 is 5.32 Å². The maximum atomic E-state index is 12.5. The van der Waals surface area contributed by atoms with Crippen molar-refractivity contribution in [2.75, 3.05) is 0 Å². The Labute approximate surface area is 213 Å². The molecule has 36 heavy (non-hydrogen) atoms. The lowest BCUT2D eigenvalue weighted by molar-refractivity contribution is 0.0233. The number of fused-ring (bicyclic) bond motifs is 1. The maximum absolute atomic E-state index is 12.5. The fraction of sp³-hybridized carbons (Fsp3) is 0.281. The molecule has 4 aromatic carbocycles. The van der Waals surface area contributed by atoms with Crippen molar-refractivity contribution >= 4 is 16.7 Å². The van der Waals surface area contributed by atoms with E-state index in [1.54, 1.807) is 0 Å². The van der Waals surface area contributed by atoms with E-state index in [2.05, 4.69) is 72.3 Å². The van der Waals surface area contributed by atoms with Gasteiger partial charge in [0.1, 0.15) is 0 Å². The van der Waals surface area contributed by atoms with E-state index in [4.69, 9.17) is 4.84 Å². The number of hydrogen-bond acceptors (Lipinski definition) is 3. The van der Waals surface area contributed by atoms with Crippen LogP contribution in [0.4, 0.5) is 0 Å². The Morgan fingerprint density at radius 2 is 1.64 bits per heavy atom. The van der Waals surface area contributed by atoms with Crippen LogP contribution in [0.1, 0.15) is 71.6 Å². The molecule has 0 bridgehead atoms. The smallest absolute Gasteiger partial charge is 0.274 e. The van der Waals surface area contributed by atoms with Crippen molar-refractivity contribution in [3.63, 3.8) is 0 Å². The molecule has 2 N–H and O–H groups in total. The van der Waals surface area contributed by atoms with Crippen molar-refractivity contribution in [3.8, 4) is 0 Å². The summed E-state index contributed by atoms with van der Waals surface area (Å²) in [5.74, 6) is 0.284. The summed E-state index contributed by atoms with van der Waals surface area (Å²) >= 11 is 0. The van der Waals surface area contributed by atoms with Crippen molar-refractivity contribution in [1.29, 1.82) is 0 Å². The molecule has 1 fully saturated rings. The third kappa shape index (κ3) is 5.84. The third-order valence-electron chi connectivity index (χ3n) is 7.34. The largest absolute Gasteiger partial charge is 0.307 e. The van der Waals surface area contributed by atoms with Gasteiger partial charge in [0, 0.05) is 17.6 Å². The van der Waals surface area contributed by atoms with Crippen molar-refractivity contribution < 1.29 is 9.63 Å². The number of amides is 1. The first kappa shape index (κ1) is 24.2. The van der Waals surface area contributed by atoms with E-state index in [-0.39, 0.29) is 5.91 Å². The van der Waals surface area contributed by atoms with Crippen LogP contribution < -0.4 is 10.8 Å². The van der Waals surface area contributed by atoms with Crippen molar-refractivity contribution in [1.82, 2.24) is 10.8 Å². The molecule has 0 saturated heterocycles. The van der Waals surface area contributed by atoms with Crippen LogP contribution in [-0.4, -0.2) is 11.9 Å². The molecule has 0 spiro atoms. The first-order valence-corrected chi connectivity index (χ1v) is 13.0. The van der Waals surface area contributed by atoms with E-state index in [9.17, 15) is 4.79 Å². The Kier molecular flexibility index (Phi) is 7.75. The predicted octanol–water partition coefficient (Wildman–Crippen LogP) is 7.08. The highest BCUT2D eigenvalue weighted by Crippen LogP contribution is 2.34. The first-order valence-electron chi connectivity index (χ1n) is 13.0. The Morgan fingerprint density at radius 3 is 2.47 bits per heavy atom. The molecular weight excluding hydrogens is 444 g/mol. The number of carbonyl (C=O) groups is 1. The quantitative estimate of drug-likeness (QED) is 0.266. The Bertz CT molecular complexity index is 1280. The summed E-state index contributed by atoms with van der Waals surface area (Å²) < 4.78 is 0. The third-order valence-corrected chi connectivity index (χ3v) is 7.34. The van der Waals surface area contributed by atoms with Gasteiger partial charge in [-0.2, -0.15) is 0 Å². The SMILES string of the molecule is C[C@@H](N[C@H]1CCC[C@H](c2ccc(C(=O)NOCc3ccccc3)cc2)C1)c1cccc2ccccc12. The fourth-order valence-corrected chi connectivity index (χ4v) is 5.44. The van der Waals surface area contributed by atoms with Gasteiger partial charge in [0.15, 0.2) is 0 Å². The number of rotatable bonds is 8. The van der Waals surface area contributed by atoms with Gasteiger partial charge in [0.05, 0.1) is 6.61 Å². The van der Waals surface area contributed by atoms with Gasteiger partial charge in [0.2, 0.25) is 0 Å². The molecule has 0 unspecified atom stereocenters. The van der Waals surface area contributed by atoms with Crippen LogP contribution >= 0.6 is 0 Å². The molecule has 1 aliphatic carbocycles. The van der Waals surface area contributed by atoms with Crippen LogP contribution in [0.5, 0.6) is 0 Å².